The summed E-state index contributed by atoms with van der Waals surface area (Å²) in [6.45, 7) is 3.04. The Kier molecular flexibility index (Phi) is 5.78. The number of rotatable bonds is 6. The van der Waals surface area contributed by atoms with Gasteiger partial charge in [0.15, 0.2) is 18.2 Å². The lowest BCUT2D eigenvalue weighted by atomic mass is 9.65. The highest BCUT2D eigenvalue weighted by Crippen LogP contribution is 2.54. The first-order valence-electron chi connectivity index (χ1n) is 10.5. The molecular weight excluding hydrogens is 458 g/mol. The van der Waals surface area contributed by atoms with Gasteiger partial charge in [0, 0.05) is 18.7 Å². The fraction of sp³-hybridized carbons (Fsp3) is 0.409. The number of hydrogen-bond acceptors (Lipinski definition) is 5. The average Bonchev–Trinajstić information content (AvgIpc) is 3.33. The molecule has 8 nitrogen and oxygen atoms in total. The molecule has 0 atom stereocenters. The van der Waals surface area contributed by atoms with Crippen molar-refractivity contribution >= 4 is 17.6 Å². The summed E-state index contributed by atoms with van der Waals surface area (Å²) in [6.07, 6.45) is -1.22. The SMILES string of the molecule is C=CC(=O)N1CC[C@]2(C1)C[C@H](n1nc(-c3ccc(F)c(OCC(F)(F)F)c3)c(C(N)=O)c1N)C2. The number of nitrogens with two attached hydrogens (primary N) is 2. The number of halogens is 4. The minimum atomic E-state index is -4.65. The van der Waals surface area contributed by atoms with E-state index in [4.69, 9.17) is 11.5 Å². The Morgan fingerprint density at radius 3 is 2.65 bits per heavy atom. The fourth-order valence-corrected chi connectivity index (χ4v) is 4.79. The molecule has 0 bridgehead atoms. The largest absolute Gasteiger partial charge is 0.481 e. The molecule has 2 aliphatic rings. The predicted octanol–water partition coefficient (Wildman–Crippen LogP) is 3.05. The van der Waals surface area contributed by atoms with Gasteiger partial charge in [-0.05, 0) is 49.0 Å². The third-order valence-electron chi connectivity index (χ3n) is 6.40. The van der Waals surface area contributed by atoms with Crippen LogP contribution in [-0.2, 0) is 4.79 Å². The van der Waals surface area contributed by atoms with Crippen molar-refractivity contribution in [2.24, 2.45) is 11.1 Å². The molecule has 2 heterocycles. The van der Waals surface area contributed by atoms with Gasteiger partial charge < -0.3 is 21.1 Å². The van der Waals surface area contributed by atoms with Gasteiger partial charge in [-0.15, -0.1) is 0 Å². The first-order valence-corrected chi connectivity index (χ1v) is 10.5. The van der Waals surface area contributed by atoms with Crippen LogP contribution in [0.25, 0.3) is 11.3 Å². The Labute approximate surface area is 192 Å². The van der Waals surface area contributed by atoms with Gasteiger partial charge in [-0.3, -0.25) is 9.59 Å². The molecule has 4 rings (SSSR count). The van der Waals surface area contributed by atoms with E-state index in [0.29, 0.717) is 25.9 Å². The molecule has 12 heteroatoms. The minimum Gasteiger partial charge on any atom is -0.481 e. The first-order chi connectivity index (χ1) is 15.9. The van der Waals surface area contributed by atoms with Gasteiger partial charge in [0.1, 0.15) is 17.1 Å². The second kappa shape index (κ2) is 8.33. The first kappa shape index (κ1) is 23.6. The summed E-state index contributed by atoms with van der Waals surface area (Å²) in [4.78, 5) is 25.8. The molecule has 34 heavy (non-hydrogen) atoms. The standard InChI is InChI=1S/C22H23F4N5O3/c1-2-16(32)30-6-5-21(10-30)8-13(9-21)31-19(27)17(20(28)33)18(29-31)12-3-4-14(23)15(7-12)34-11-22(24,25)26/h2-4,7,13H,1,5-6,8-11,27H2,(H2,28,33)/t13-,21-. The van der Waals surface area contributed by atoms with Crippen LogP contribution in [0, 0.1) is 11.2 Å². The second-order valence-corrected chi connectivity index (χ2v) is 8.74. The van der Waals surface area contributed by atoms with Gasteiger partial charge >= 0.3 is 6.18 Å². The van der Waals surface area contributed by atoms with Crippen molar-refractivity contribution in [1.29, 1.82) is 0 Å². The van der Waals surface area contributed by atoms with Crippen LogP contribution in [0.5, 0.6) is 5.75 Å². The predicted molar refractivity (Wildman–Crippen MR) is 114 cm³/mol. The number of amides is 2. The number of anilines is 1. The van der Waals surface area contributed by atoms with E-state index < -0.39 is 30.3 Å². The molecule has 1 aliphatic heterocycles. The van der Waals surface area contributed by atoms with E-state index in [1.54, 1.807) is 4.90 Å². The van der Waals surface area contributed by atoms with E-state index in [9.17, 15) is 27.2 Å². The molecule has 1 spiro atoms. The zero-order valence-corrected chi connectivity index (χ0v) is 18.1. The van der Waals surface area contributed by atoms with Gasteiger partial charge in [-0.1, -0.05) is 6.58 Å². The molecule has 1 aliphatic carbocycles. The fourth-order valence-electron chi connectivity index (χ4n) is 4.79. The topological polar surface area (TPSA) is 116 Å². The van der Waals surface area contributed by atoms with Crippen LogP contribution in [0.1, 0.15) is 35.7 Å². The number of carbonyl (C=O) groups excluding carboxylic acids is 2. The summed E-state index contributed by atoms with van der Waals surface area (Å²) in [5.41, 5.74) is 11.7. The van der Waals surface area contributed by atoms with Crippen LogP contribution in [0.4, 0.5) is 23.4 Å². The molecule has 182 valence electrons. The second-order valence-electron chi connectivity index (χ2n) is 8.74. The lowest BCUT2D eigenvalue weighted by molar-refractivity contribution is -0.153. The van der Waals surface area contributed by atoms with E-state index in [-0.39, 0.29) is 40.0 Å². The number of aromatic nitrogens is 2. The van der Waals surface area contributed by atoms with E-state index in [2.05, 4.69) is 16.4 Å². The van der Waals surface area contributed by atoms with E-state index in [1.807, 2.05) is 0 Å². The van der Waals surface area contributed by atoms with Crippen molar-refractivity contribution in [3.05, 3.63) is 42.2 Å². The number of nitrogen functional groups attached to an aromatic ring is 1. The lowest BCUT2D eigenvalue weighted by Crippen LogP contribution is -2.42. The number of primary amides is 1. The molecule has 0 unspecified atom stereocenters. The normalized spacial score (nSPS) is 22.0. The number of ether oxygens (including phenoxy) is 1. The van der Waals surface area contributed by atoms with Crippen molar-refractivity contribution in [2.75, 3.05) is 25.4 Å². The highest BCUT2D eigenvalue weighted by Gasteiger charge is 2.50. The molecule has 4 N–H and O–H groups in total. The van der Waals surface area contributed by atoms with Gasteiger partial charge in [0.25, 0.3) is 5.91 Å². The highest BCUT2D eigenvalue weighted by molar-refractivity contribution is 6.03. The molecule has 0 radical (unpaired) electrons. The molecule has 2 fully saturated rings. The van der Waals surface area contributed by atoms with Gasteiger partial charge in [0.05, 0.1) is 6.04 Å². The van der Waals surface area contributed by atoms with Gasteiger partial charge in [0.2, 0.25) is 5.91 Å². The maximum atomic E-state index is 14.0. The van der Waals surface area contributed by atoms with Crippen molar-refractivity contribution < 1.29 is 31.9 Å². The zero-order chi connectivity index (χ0) is 24.8. The number of alkyl halides is 3. The molecule has 1 saturated carbocycles. The maximum Gasteiger partial charge on any atom is 0.422 e. The minimum absolute atomic E-state index is 0.0152. The highest BCUT2D eigenvalue weighted by atomic mass is 19.4. The molecular formula is C22H23F4N5O3. The molecule has 2 amide bonds. The number of nitrogens with zero attached hydrogens (tertiary/aromatic N) is 3. The quantitative estimate of drug-likeness (QED) is 0.486. The Bertz CT molecular complexity index is 1150. The number of hydrogen-bond donors (Lipinski definition) is 2. The monoisotopic (exact) mass is 481 g/mol. The summed E-state index contributed by atoms with van der Waals surface area (Å²) in [5.74, 6) is -2.63. The van der Waals surface area contributed by atoms with E-state index >= 15 is 0 Å². The van der Waals surface area contributed by atoms with E-state index in [0.717, 1.165) is 18.6 Å². The summed E-state index contributed by atoms with van der Waals surface area (Å²) in [7, 11) is 0. The van der Waals surface area contributed by atoms with Crippen LogP contribution < -0.4 is 16.2 Å². The molecule has 1 aromatic heterocycles. The van der Waals surface area contributed by atoms with Gasteiger partial charge in [-0.2, -0.15) is 18.3 Å². The summed E-state index contributed by atoms with van der Waals surface area (Å²) >= 11 is 0. The smallest absolute Gasteiger partial charge is 0.422 e. The molecule has 1 saturated heterocycles. The number of carbonyl (C=O) groups is 2. The third-order valence-corrected chi connectivity index (χ3v) is 6.40. The molecule has 1 aromatic carbocycles. The Hall–Kier alpha value is -3.57. The van der Waals surface area contributed by atoms with Gasteiger partial charge in [-0.25, -0.2) is 9.07 Å². The van der Waals surface area contributed by atoms with Crippen LogP contribution in [0.2, 0.25) is 0 Å². The van der Waals surface area contributed by atoms with Crippen molar-refractivity contribution in [3.63, 3.8) is 0 Å². The maximum absolute atomic E-state index is 14.0. The summed E-state index contributed by atoms with van der Waals surface area (Å²) in [5, 5.41) is 4.42. The number of benzene rings is 1. The lowest BCUT2D eigenvalue weighted by Gasteiger charge is -2.45. The average molecular weight is 481 g/mol. The van der Waals surface area contributed by atoms with Crippen LogP contribution in [0.15, 0.2) is 30.9 Å². The Morgan fingerprint density at radius 2 is 2.03 bits per heavy atom. The number of likely N-dealkylation sites (tertiary alicyclic amines) is 1. The van der Waals surface area contributed by atoms with E-state index in [1.165, 1.54) is 16.8 Å². The van der Waals surface area contributed by atoms with Crippen molar-refractivity contribution in [3.8, 4) is 17.0 Å². The Morgan fingerprint density at radius 1 is 1.32 bits per heavy atom. The van der Waals surface area contributed by atoms with Crippen LogP contribution >= 0.6 is 0 Å². The third kappa shape index (κ3) is 4.31. The van der Waals surface area contributed by atoms with Crippen molar-refractivity contribution in [2.45, 2.75) is 31.5 Å². The molecule has 2 aromatic rings. The summed E-state index contributed by atoms with van der Waals surface area (Å²) < 4.78 is 57.6. The van der Waals surface area contributed by atoms with Crippen LogP contribution in [0.3, 0.4) is 0 Å². The Balaban J connectivity index is 1.60. The summed E-state index contributed by atoms with van der Waals surface area (Å²) in [6, 6.07) is 3.04. The van der Waals surface area contributed by atoms with Crippen LogP contribution in [-0.4, -0.2) is 52.4 Å². The zero-order valence-electron chi connectivity index (χ0n) is 18.1. The van der Waals surface area contributed by atoms with Crippen molar-refractivity contribution in [1.82, 2.24) is 14.7 Å².